The van der Waals surface area contributed by atoms with Crippen LogP contribution in [0.25, 0.3) is 0 Å². The summed E-state index contributed by atoms with van der Waals surface area (Å²) in [5.41, 5.74) is 11.3. The minimum Gasteiger partial charge on any atom is -0.393 e. The number of carbonyl (C=O) groups is 1. The average molecular weight is 160 g/mol. The van der Waals surface area contributed by atoms with E-state index in [1.165, 1.54) is 18.7 Å². The van der Waals surface area contributed by atoms with Crippen molar-refractivity contribution >= 4 is 17.5 Å². The maximum atomic E-state index is 10.7. The third-order valence-corrected chi connectivity index (χ3v) is 1.83. The molecule has 0 aromatic carbocycles. The monoisotopic (exact) mass is 160 g/mol. The van der Waals surface area contributed by atoms with Gasteiger partial charge in [0.15, 0.2) is 5.78 Å². The summed E-state index contributed by atoms with van der Waals surface area (Å²) in [6, 6.07) is 0. The minimum atomic E-state index is -0.0469. The molecule has 0 aliphatic heterocycles. The number of thioether (sulfide) groups is 1. The van der Waals surface area contributed by atoms with Crippen LogP contribution in [0.2, 0.25) is 0 Å². The highest BCUT2D eigenvalue weighted by atomic mass is 32.2. The van der Waals surface area contributed by atoms with E-state index in [9.17, 15) is 4.79 Å². The molecular formula is C6H12N2OS. The minimum absolute atomic E-state index is 0.0469. The number of hydrogen-bond acceptors (Lipinski definition) is 4. The van der Waals surface area contributed by atoms with Gasteiger partial charge in [-0.2, -0.15) is 0 Å². The lowest BCUT2D eigenvalue weighted by molar-refractivity contribution is -0.113. The molecule has 0 aromatic rings. The summed E-state index contributed by atoms with van der Waals surface area (Å²) in [4.78, 5) is 10.7. The molecule has 0 heterocycles. The summed E-state index contributed by atoms with van der Waals surface area (Å²) in [5.74, 6) is -0.0469. The zero-order chi connectivity index (χ0) is 8.15. The number of rotatable bonds is 3. The van der Waals surface area contributed by atoms with Crippen molar-refractivity contribution in [2.24, 2.45) is 11.5 Å². The van der Waals surface area contributed by atoms with Crippen LogP contribution in [0.1, 0.15) is 6.92 Å². The molecular weight excluding hydrogens is 148 g/mol. The quantitative estimate of drug-likeness (QED) is 0.573. The van der Waals surface area contributed by atoms with Gasteiger partial charge in [-0.3, -0.25) is 4.79 Å². The van der Waals surface area contributed by atoms with Crippen molar-refractivity contribution in [1.29, 1.82) is 0 Å². The standard InChI is InChI=1S/C6H12N2OS/c1-4(9)5(3-7)6(8)10-2/h3,7-8H2,1-2H3/b6-5+. The van der Waals surface area contributed by atoms with Gasteiger partial charge in [0.25, 0.3) is 0 Å². The molecule has 3 nitrogen and oxygen atoms in total. The second-order valence-electron chi connectivity index (χ2n) is 1.81. The van der Waals surface area contributed by atoms with Crippen molar-refractivity contribution < 1.29 is 4.79 Å². The number of nitrogens with two attached hydrogens (primary N) is 2. The van der Waals surface area contributed by atoms with Gasteiger partial charge >= 0.3 is 0 Å². The van der Waals surface area contributed by atoms with Crippen LogP contribution in [-0.2, 0) is 4.79 Å². The maximum Gasteiger partial charge on any atom is 0.159 e. The molecule has 4 heteroatoms. The SMILES string of the molecule is CS/C(N)=C(\CN)C(C)=O. The lowest BCUT2D eigenvalue weighted by Crippen LogP contribution is -2.15. The molecule has 0 rings (SSSR count). The van der Waals surface area contributed by atoms with Crippen LogP contribution in [0.15, 0.2) is 10.6 Å². The Balaban J connectivity index is 4.45. The largest absolute Gasteiger partial charge is 0.393 e. The Morgan fingerprint density at radius 2 is 2.10 bits per heavy atom. The van der Waals surface area contributed by atoms with E-state index in [0.29, 0.717) is 10.6 Å². The van der Waals surface area contributed by atoms with Crippen LogP contribution in [0, 0.1) is 0 Å². The van der Waals surface area contributed by atoms with E-state index in [4.69, 9.17) is 11.5 Å². The van der Waals surface area contributed by atoms with Gasteiger partial charge in [0, 0.05) is 12.1 Å². The Bertz CT molecular complexity index is 165. The third kappa shape index (κ3) is 2.41. The topological polar surface area (TPSA) is 69.1 Å². The van der Waals surface area contributed by atoms with E-state index >= 15 is 0 Å². The van der Waals surface area contributed by atoms with Gasteiger partial charge in [0.1, 0.15) is 0 Å². The molecule has 0 radical (unpaired) electrons. The van der Waals surface area contributed by atoms with E-state index in [2.05, 4.69) is 0 Å². The number of Topliss-reactive ketones (excluding diaryl/α,β-unsaturated/α-hetero) is 1. The third-order valence-electron chi connectivity index (χ3n) is 1.15. The van der Waals surface area contributed by atoms with Crippen LogP contribution in [0.4, 0.5) is 0 Å². The van der Waals surface area contributed by atoms with Crippen molar-refractivity contribution in [3.63, 3.8) is 0 Å². The molecule has 0 aromatic heterocycles. The van der Waals surface area contributed by atoms with Crippen LogP contribution >= 0.6 is 11.8 Å². The molecule has 0 fully saturated rings. The van der Waals surface area contributed by atoms with Crippen LogP contribution < -0.4 is 11.5 Å². The first kappa shape index (κ1) is 9.52. The fraction of sp³-hybridized carbons (Fsp3) is 0.500. The summed E-state index contributed by atoms with van der Waals surface area (Å²) < 4.78 is 0. The average Bonchev–Trinajstić information content (AvgIpc) is 1.88. The van der Waals surface area contributed by atoms with Crippen molar-refractivity contribution in [1.82, 2.24) is 0 Å². The molecule has 4 N–H and O–H groups in total. The first-order chi connectivity index (χ1) is 4.63. The molecule has 0 aliphatic rings. The molecule has 0 atom stereocenters. The van der Waals surface area contributed by atoms with Gasteiger partial charge in [-0.15, -0.1) is 11.8 Å². The summed E-state index contributed by atoms with van der Waals surface area (Å²) in [7, 11) is 0. The summed E-state index contributed by atoms with van der Waals surface area (Å²) in [6.07, 6.45) is 1.81. The van der Waals surface area contributed by atoms with Crippen molar-refractivity contribution in [3.05, 3.63) is 10.6 Å². The second kappa shape index (κ2) is 4.35. The molecule has 0 spiro atoms. The van der Waals surface area contributed by atoms with Gasteiger partial charge < -0.3 is 11.5 Å². The summed E-state index contributed by atoms with van der Waals surface area (Å²) >= 11 is 1.34. The highest BCUT2D eigenvalue weighted by Gasteiger charge is 2.04. The predicted octanol–water partition coefficient (Wildman–Crippen LogP) is 0.0674. The smallest absolute Gasteiger partial charge is 0.159 e. The summed E-state index contributed by atoms with van der Waals surface area (Å²) in [5, 5.41) is 0.523. The lowest BCUT2D eigenvalue weighted by Gasteiger charge is -2.02. The Morgan fingerprint density at radius 3 is 2.20 bits per heavy atom. The Kier molecular flexibility index (Phi) is 4.14. The normalized spacial score (nSPS) is 12.7. The lowest BCUT2D eigenvalue weighted by atomic mass is 10.2. The predicted molar refractivity (Wildman–Crippen MR) is 44.5 cm³/mol. The second-order valence-corrected chi connectivity index (χ2v) is 2.66. The first-order valence-corrected chi connectivity index (χ1v) is 4.09. The zero-order valence-corrected chi connectivity index (χ0v) is 6.99. The Morgan fingerprint density at radius 1 is 1.60 bits per heavy atom. The molecule has 0 unspecified atom stereocenters. The highest BCUT2D eigenvalue weighted by molar-refractivity contribution is 8.02. The van der Waals surface area contributed by atoms with Crippen LogP contribution in [-0.4, -0.2) is 18.6 Å². The number of hydrogen-bond donors (Lipinski definition) is 2. The fourth-order valence-corrected chi connectivity index (χ4v) is 1.01. The van der Waals surface area contributed by atoms with Crippen molar-refractivity contribution in [2.75, 3.05) is 12.8 Å². The Labute approximate surface area is 64.8 Å². The molecule has 0 saturated heterocycles. The Hall–Kier alpha value is -0.480. The number of carbonyl (C=O) groups excluding carboxylic acids is 1. The first-order valence-electron chi connectivity index (χ1n) is 2.87. The molecule has 0 bridgehead atoms. The van der Waals surface area contributed by atoms with E-state index in [1.807, 2.05) is 6.26 Å². The number of ketones is 1. The van der Waals surface area contributed by atoms with Gasteiger partial charge in [-0.05, 0) is 13.2 Å². The van der Waals surface area contributed by atoms with Crippen molar-refractivity contribution in [3.8, 4) is 0 Å². The van der Waals surface area contributed by atoms with Crippen LogP contribution in [0.5, 0.6) is 0 Å². The fourth-order valence-electron chi connectivity index (χ4n) is 0.541. The highest BCUT2D eigenvalue weighted by Crippen LogP contribution is 2.09. The van der Waals surface area contributed by atoms with Gasteiger partial charge in [0.05, 0.1) is 5.03 Å². The maximum absolute atomic E-state index is 10.7. The van der Waals surface area contributed by atoms with E-state index < -0.39 is 0 Å². The van der Waals surface area contributed by atoms with E-state index in [-0.39, 0.29) is 12.3 Å². The van der Waals surface area contributed by atoms with E-state index in [0.717, 1.165) is 0 Å². The van der Waals surface area contributed by atoms with Crippen molar-refractivity contribution in [2.45, 2.75) is 6.92 Å². The van der Waals surface area contributed by atoms with Gasteiger partial charge in [-0.1, -0.05) is 0 Å². The zero-order valence-electron chi connectivity index (χ0n) is 6.18. The van der Waals surface area contributed by atoms with Gasteiger partial charge in [0.2, 0.25) is 0 Å². The summed E-state index contributed by atoms with van der Waals surface area (Å²) in [6.45, 7) is 1.69. The molecule has 58 valence electrons. The van der Waals surface area contributed by atoms with Crippen LogP contribution in [0.3, 0.4) is 0 Å². The molecule has 10 heavy (non-hydrogen) atoms. The van der Waals surface area contributed by atoms with E-state index in [1.54, 1.807) is 0 Å². The molecule has 0 aliphatic carbocycles. The molecule has 0 amide bonds. The molecule has 0 saturated carbocycles. The van der Waals surface area contributed by atoms with Gasteiger partial charge in [-0.25, -0.2) is 0 Å².